The van der Waals surface area contributed by atoms with E-state index in [1.807, 2.05) is 23.2 Å². The molecule has 0 bridgehead atoms. The second-order valence-electron chi connectivity index (χ2n) is 6.23. The van der Waals surface area contributed by atoms with Gasteiger partial charge in [0, 0.05) is 37.9 Å². The number of aromatic nitrogens is 2. The molecule has 2 N–H and O–H groups in total. The highest BCUT2D eigenvalue weighted by molar-refractivity contribution is 5.86. The molecule has 1 aliphatic heterocycles. The van der Waals surface area contributed by atoms with Gasteiger partial charge in [-0.3, -0.25) is 4.79 Å². The molecule has 1 saturated heterocycles. The lowest BCUT2D eigenvalue weighted by Crippen LogP contribution is -2.32. The molecule has 0 spiro atoms. The first-order chi connectivity index (χ1) is 11.8. The molecule has 2 aromatic carbocycles. The Morgan fingerprint density at radius 2 is 2.08 bits per heavy atom. The van der Waals surface area contributed by atoms with Crippen LogP contribution >= 0.6 is 0 Å². The van der Waals surface area contributed by atoms with Crippen molar-refractivity contribution in [3.63, 3.8) is 0 Å². The molecule has 4 rings (SSSR count). The first-order valence-electron chi connectivity index (χ1n) is 8.25. The second kappa shape index (κ2) is 6.45. The van der Waals surface area contributed by atoms with E-state index in [0.29, 0.717) is 19.5 Å². The van der Waals surface area contributed by atoms with Gasteiger partial charge in [0.15, 0.2) is 0 Å². The number of H-pyrrole nitrogens is 1. The van der Waals surface area contributed by atoms with Gasteiger partial charge in [-0.05, 0) is 16.3 Å². The van der Waals surface area contributed by atoms with Crippen LogP contribution in [0.3, 0.4) is 0 Å². The number of likely N-dealkylation sites (tertiary alicyclic amines) is 1. The molecule has 122 valence electrons. The first-order valence-corrected chi connectivity index (χ1v) is 8.25. The number of nitrogens with zero attached hydrogens (tertiary/aromatic N) is 2. The number of imidazole rings is 1. The van der Waals surface area contributed by atoms with Crippen molar-refractivity contribution >= 4 is 16.7 Å². The predicted octanol–water partition coefficient (Wildman–Crippen LogP) is 2.45. The number of benzene rings is 2. The summed E-state index contributed by atoms with van der Waals surface area (Å²) >= 11 is 0. The molecule has 0 aliphatic carbocycles. The highest BCUT2D eigenvalue weighted by Gasteiger charge is 2.29. The van der Waals surface area contributed by atoms with E-state index in [1.165, 1.54) is 16.3 Å². The zero-order chi connectivity index (χ0) is 16.4. The van der Waals surface area contributed by atoms with Gasteiger partial charge < -0.3 is 15.2 Å². The molecule has 1 atom stereocenters. The third kappa shape index (κ3) is 3.03. The van der Waals surface area contributed by atoms with Gasteiger partial charge in [-0.25, -0.2) is 4.98 Å². The zero-order valence-electron chi connectivity index (χ0n) is 13.4. The number of carbonyl (C=O) groups excluding carboxylic acids is 1. The Labute approximate surface area is 140 Å². The quantitative estimate of drug-likeness (QED) is 0.759. The van der Waals surface area contributed by atoms with Crippen LogP contribution in [0.2, 0.25) is 0 Å². The van der Waals surface area contributed by atoms with Gasteiger partial charge in [-0.2, -0.15) is 0 Å². The normalized spacial score (nSPS) is 17.8. The van der Waals surface area contributed by atoms with Crippen molar-refractivity contribution < 1.29 is 4.79 Å². The number of hydrogen-bond donors (Lipinski definition) is 2. The smallest absolute Gasteiger partial charge is 0.224 e. The molecule has 24 heavy (non-hydrogen) atoms. The van der Waals surface area contributed by atoms with Crippen LogP contribution in [-0.2, 0) is 17.9 Å². The molecule has 0 saturated carbocycles. The minimum Gasteiger partial charge on any atom is -0.348 e. The Morgan fingerprint density at radius 1 is 1.21 bits per heavy atom. The Balaban J connectivity index is 1.44. The van der Waals surface area contributed by atoms with E-state index in [9.17, 15) is 4.79 Å². The zero-order valence-corrected chi connectivity index (χ0v) is 13.4. The second-order valence-corrected chi connectivity index (χ2v) is 6.23. The van der Waals surface area contributed by atoms with Crippen LogP contribution in [0.5, 0.6) is 0 Å². The molecule has 5 nitrogen and oxygen atoms in total. The number of aromatic amines is 1. The largest absolute Gasteiger partial charge is 0.348 e. The molecule has 5 heteroatoms. The summed E-state index contributed by atoms with van der Waals surface area (Å²) < 4.78 is 0. The van der Waals surface area contributed by atoms with Crippen LogP contribution in [0.4, 0.5) is 0 Å². The summed E-state index contributed by atoms with van der Waals surface area (Å²) in [5, 5.41) is 5.85. The third-order valence-corrected chi connectivity index (χ3v) is 4.57. The number of carbonyl (C=O) groups is 1. The fourth-order valence-electron chi connectivity index (χ4n) is 3.33. The number of nitrogens with one attached hydrogen (secondary N) is 2. The van der Waals surface area contributed by atoms with Gasteiger partial charge in [0.05, 0.1) is 6.54 Å². The molecule has 2 heterocycles. The minimum absolute atomic E-state index is 0.178. The number of rotatable bonds is 5. The lowest BCUT2D eigenvalue weighted by Gasteiger charge is -2.18. The van der Waals surface area contributed by atoms with E-state index in [4.69, 9.17) is 0 Å². The molecule has 1 aliphatic rings. The average Bonchev–Trinajstić information content (AvgIpc) is 3.24. The fraction of sp³-hybridized carbons (Fsp3) is 0.263. The summed E-state index contributed by atoms with van der Waals surface area (Å²) in [5.74, 6) is 1.11. The fourth-order valence-corrected chi connectivity index (χ4v) is 3.33. The number of amides is 1. The highest BCUT2D eigenvalue weighted by Crippen LogP contribution is 2.22. The summed E-state index contributed by atoms with van der Waals surface area (Å²) in [6.07, 6.45) is 4.10. The molecular weight excluding hydrogens is 300 g/mol. The SMILES string of the molecule is O=C1C[C@H](NCc2ncc[nH]2)CN1Cc1cccc2ccccc12. The topological polar surface area (TPSA) is 61.0 Å². The Kier molecular flexibility index (Phi) is 4.01. The molecule has 1 fully saturated rings. The third-order valence-electron chi connectivity index (χ3n) is 4.57. The van der Waals surface area contributed by atoms with Crippen LogP contribution in [0.1, 0.15) is 17.8 Å². The van der Waals surface area contributed by atoms with Crippen molar-refractivity contribution in [2.45, 2.75) is 25.6 Å². The first kappa shape index (κ1) is 14.9. The van der Waals surface area contributed by atoms with Gasteiger partial charge in [0.25, 0.3) is 0 Å². The van der Waals surface area contributed by atoms with E-state index in [2.05, 4.69) is 45.6 Å². The molecular formula is C19H20N4O. The monoisotopic (exact) mass is 320 g/mol. The number of fused-ring (bicyclic) bond motifs is 1. The van der Waals surface area contributed by atoms with Gasteiger partial charge in [-0.15, -0.1) is 0 Å². The maximum Gasteiger partial charge on any atom is 0.224 e. The van der Waals surface area contributed by atoms with E-state index in [0.717, 1.165) is 12.4 Å². The molecule has 1 amide bonds. The van der Waals surface area contributed by atoms with E-state index < -0.39 is 0 Å². The Bertz CT molecular complexity index is 838. The summed E-state index contributed by atoms with van der Waals surface area (Å²) in [4.78, 5) is 21.6. The maximum absolute atomic E-state index is 12.3. The lowest BCUT2D eigenvalue weighted by molar-refractivity contribution is -0.128. The van der Waals surface area contributed by atoms with Crippen LogP contribution in [0.15, 0.2) is 54.9 Å². The summed E-state index contributed by atoms with van der Waals surface area (Å²) in [7, 11) is 0. The van der Waals surface area contributed by atoms with Crippen LogP contribution in [0.25, 0.3) is 10.8 Å². The van der Waals surface area contributed by atoms with Crippen molar-refractivity contribution in [3.8, 4) is 0 Å². The molecule has 3 aromatic rings. The van der Waals surface area contributed by atoms with Crippen molar-refractivity contribution in [1.82, 2.24) is 20.2 Å². The maximum atomic E-state index is 12.3. The summed E-state index contributed by atoms with van der Waals surface area (Å²) in [6.45, 7) is 2.06. The van der Waals surface area contributed by atoms with E-state index in [1.54, 1.807) is 6.20 Å². The van der Waals surface area contributed by atoms with Crippen LogP contribution in [-0.4, -0.2) is 33.4 Å². The van der Waals surface area contributed by atoms with Crippen LogP contribution < -0.4 is 5.32 Å². The standard InChI is InChI=1S/C19H20N4O/c24-19-10-16(22-11-18-20-8-9-21-18)13-23(19)12-15-6-3-5-14-4-1-2-7-17(14)15/h1-9,16,22H,10-13H2,(H,20,21)/t16-/m0/s1. The van der Waals surface area contributed by atoms with Gasteiger partial charge >= 0.3 is 0 Å². The Morgan fingerprint density at radius 3 is 2.96 bits per heavy atom. The summed E-state index contributed by atoms with van der Waals surface area (Å²) in [5.41, 5.74) is 1.20. The summed E-state index contributed by atoms with van der Waals surface area (Å²) in [6, 6.07) is 14.8. The van der Waals surface area contributed by atoms with E-state index in [-0.39, 0.29) is 11.9 Å². The minimum atomic E-state index is 0.178. The Hall–Kier alpha value is -2.66. The lowest BCUT2D eigenvalue weighted by atomic mass is 10.0. The number of hydrogen-bond acceptors (Lipinski definition) is 3. The highest BCUT2D eigenvalue weighted by atomic mass is 16.2. The van der Waals surface area contributed by atoms with Crippen molar-refractivity contribution in [3.05, 3.63) is 66.2 Å². The van der Waals surface area contributed by atoms with E-state index >= 15 is 0 Å². The van der Waals surface area contributed by atoms with Gasteiger partial charge in [0.1, 0.15) is 5.82 Å². The molecule has 0 unspecified atom stereocenters. The van der Waals surface area contributed by atoms with Crippen LogP contribution in [0, 0.1) is 0 Å². The molecule has 0 radical (unpaired) electrons. The van der Waals surface area contributed by atoms with Gasteiger partial charge in [0.2, 0.25) is 5.91 Å². The van der Waals surface area contributed by atoms with Crippen molar-refractivity contribution in [1.29, 1.82) is 0 Å². The molecule has 1 aromatic heterocycles. The van der Waals surface area contributed by atoms with Gasteiger partial charge in [-0.1, -0.05) is 42.5 Å². The predicted molar refractivity (Wildman–Crippen MR) is 93.2 cm³/mol. The van der Waals surface area contributed by atoms with Crippen molar-refractivity contribution in [2.75, 3.05) is 6.54 Å². The average molecular weight is 320 g/mol. The van der Waals surface area contributed by atoms with Crippen molar-refractivity contribution in [2.24, 2.45) is 0 Å².